The number of hydrogen-bond acceptors (Lipinski definition) is 3. The SMILES string of the molecule is CC1(C)c2ccccc2B2c3cc4sc5ccccc5c4cc3Nc3cc4c(sc5ccccc54)c1c32. The number of fused-ring (bicyclic) bond motifs is 11. The van der Waals surface area contributed by atoms with Gasteiger partial charge in [-0.05, 0) is 52.4 Å². The van der Waals surface area contributed by atoms with E-state index >= 15 is 0 Å². The molecule has 1 N–H and O–H groups in total. The van der Waals surface area contributed by atoms with Crippen LogP contribution in [0.1, 0.15) is 25.0 Å². The van der Waals surface area contributed by atoms with Gasteiger partial charge in [0.15, 0.2) is 0 Å². The van der Waals surface area contributed by atoms with Crippen LogP contribution in [0.5, 0.6) is 0 Å². The standard InChI is InChI=1S/C33H22BNS2/c1-33(2)22-11-5-6-12-23(22)34-24-17-29-20(18-9-3-7-13-27(18)36-29)15-25(24)35-26-16-21-19-10-4-8-14-28(19)37-32(21)30(33)31(26)34/h3-17,35H,1-2H3. The molecule has 0 amide bonds. The summed E-state index contributed by atoms with van der Waals surface area (Å²) in [5.74, 6) is 0. The van der Waals surface area contributed by atoms with Gasteiger partial charge in [-0.15, -0.1) is 22.7 Å². The van der Waals surface area contributed by atoms with Crippen molar-refractivity contribution in [1.29, 1.82) is 0 Å². The lowest BCUT2D eigenvalue weighted by Gasteiger charge is -2.42. The molecule has 2 aromatic heterocycles. The Labute approximate surface area is 223 Å². The average Bonchev–Trinajstić information content (AvgIpc) is 3.46. The zero-order valence-corrected chi connectivity index (χ0v) is 22.2. The van der Waals surface area contributed by atoms with Crippen molar-refractivity contribution in [2.24, 2.45) is 0 Å². The van der Waals surface area contributed by atoms with Gasteiger partial charge in [-0.1, -0.05) is 80.0 Å². The molecule has 174 valence electrons. The van der Waals surface area contributed by atoms with Crippen molar-refractivity contribution in [2.75, 3.05) is 5.32 Å². The molecular formula is C33H22BNS2. The van der Waals surface area contributed by atoms with Crippen LogP contribution in [0.25, 0.3) is 40.3 Å². The summed E-state index contributed by atoms with van der Waals surface area (Å²) in [4.78, 5) is 0. The third kappa shape index (κ3) is 2.50. The van der Waals surface area contributed by atoms with Crippen molar-refractivity contribution in [2.45, 2.75) is 19.3 Å². The van der Waals surface area contributed by atoms with Gasteiger partial charge in [-0.25, -0.2) is 0 Å². The molecule has 4 heteroatoms. The van der Waals surface area contributed by atoms with Crippen molar-refractivity contribution in [3.63, 3.8) is 0 Å². The van der Waals surface area contributed by atoms with Gasteiger partial charge in [0.05, 0.1) is 0 Å². The van der Waals surface area contributed by atoms with E-state index in [1.54, 1.807) is 0 Å². The Kier molecular flexibility index (Phi) is 3.78. The quantitative estimate of drug-likeness (QED) is 0.208. The first-order chi connectivity index (χ1) is 18.1. The Hall–Kier alpha value is -3.60. The monoisotopic (exact) mass is 507 g/mol. The Balaban J connectivity index is 1.45. The molecule has 0 atom stereocenters. The molecule has 37 heavy (non-hydrogen) atoms. The van der Waals surface area contributed by atoms with Crippen LogP contribution in [0.15, 0.2) is 91.0 Å². The predicted molar refractivity (Wildman–Crippen MR) is 165 cm³/mol. The first-order valence-corrected chi connectivity index (χ1v) is 14.5. The maximum Gasteiger partial charge on any atom is 0.247 e. The van der Waals surface area contributed by atoms with Gasteiger partial charge in [0.1, 0.15) is 0 Å². The van der Waals surface area contributed by atoms with E-state index in [9.17, 15) is 0 Å². The Bertz CT molecular complexity index is 2110. The first kappa shape index (κ1) is 20.5. The van der Waals surface area contributed by atoms with Gasteiger partial charge in [-0.2, -0.15) is 0 Å². The van der Waals surface area contributed by atoms with Gasteiger partial charge in [0, 0.05) is 57.1 Å². The van der Waals surface area contributed by atoms with Gasteiger partial charge < -0.3 is 5.32 Å². The van der Waals surface area contributed by atoms with Crippen molar-refractivity contribution in [1.82, 2.24) is 0 Å². The lowest BCUT2D eigenvalue weighted by atomic mass is 9.30. The molecule has 0 unspecified atom stereocenters. The van der Waals surface area contributed by atoms with Crippen molar-refractivity contribution >= 4 is 97.5 Å². The summed E-state index contributed by atoms with van der Waals surface area (Å²) in [5.41, 5.74) is 9.69. The van der Waals surface area contributed by atoms with Crippen LogP contribution in [-0.4, -0.2) is 6.71 Å². The molecule has 0 radical (unpaired) electrons. The summed E-state index contributed by atoms with van der Waals surface area (Å²) in [6.07, 6.45) is 0. The molecule has 5 aromatic carbocycles. The smallest absolute Gasteiger partial charge is 0.247 e. The highest BCUT2D eigenvalue weighted by Gasteiger charge is 2.45. The molecule has 2 aliphatic rings. The summed E-state index contributed by atoms with van der Waals surface area (Å²) in [6, 6.07) is 34.2. The number of rotatable bonds is 0. The maximum atomic E-state index is 3.95. The highest BCUT2D eigenvalue weighted by atomic mass is 32.1. The van der Waals surface area contributed by atoms with E-state index in [2.05, 4.69) is 110 Å². The maximum absolute atomic E-state index is 3.95. The zero-order valence-electron chi connectivity index (χ0n) is 20.6. The molecule has 0 spiro atoms. The normalized spacial score (nSPS) is 15.1. The minimum Gasteiger partial charge on any atom is -0.356 e. The van der Waals surface area contributed by atoms with Crippen LogP contribution < -0.4 is 21.7 Å². The van der Waals surface area contributed by atoms with Crippen LogP contribution in [0.2, 0.25) is 0 Å². The van der Waals surface area contributed by atoms with Crippen LogP contribution in [-0.2, 0) is 5.41 Å². The van der Waals surface area contributed by atoms with E-state index in [0.717, 1.165) is 0 Å². The van der Waals surface area contributed by atoms with Gasteiger partial charge in [0.25, 0.3) is 0 Å². The first-order valence-electron chi connectivity index (χ1n) is 12.9. The summed E-state index contributed by atoms with van der Waals surface area (Å²) >= 11 is 3.87. The second kappa shape index (κ2) is 6.83. The highest BCUT2D eigenvalue weighted by Crippen LogP contribution is 2.46. The Morgan fingerprint density at radius 2 is 1.30 bits per heavy atom. The van der Waals surface area contributed by atoms with Crippen LogP contribution in [0.4, 0.5) is 11.4 Å². The molecule has 2 aliphatic heterocycles. The number of hydrogen-bond donors (Lipinski definition) is 1. The fraction of sp³-hybridized carbons (Fsp3) is 0.0909. The van der Waals surface area contributed by atoms with Crippen molar-refractivity contribution in [3.05, 3.63) is 102 Å². The Morgan fingerprint density at radius 1 is 0.622 bits per heavy atom. The topological polar surface area (TPSA) is 12.0 Å². The average molecular weight is 507 g/mol. The number of nitrogens with one attached hydrogen (secondary N) is 1. The fourth-order valence-corrected chi connectivity index (χ4v) is 9.64. The molecule has 0 bridgehead atoms. The van der Waals surface area contributed by atoms with E-state index in [-0.39, 0.29) is 12.1 Å². The number of anilines is 2. The molecule has 0 saturated heterocycles. The molecular weight excluding hydrogens is 485 g/mol. The molecule has 0 aliphatic carbocycles. The van der Waals surface area contributed by atoms with Crippen molar-refractivity contribution < 1.29 is 0 Å². The van der Waals surface area contributed by atoms with Gasteiger partial charge in [0.2, 0.25) is 6.71 Å². The van der Waals surface area contributed by atoms with Crippen LogP contribution in [0.3, 0.4) is 0 Å². The molecule has 4 heterocycles. The summed E-state index contributed by atoms with van der Waals surface area (Å²) in [7, 11) is 0. The number of benzene rings is 5. The second-order valence-electron chi connectivity index (χ2n) is 11.0. The van der Waals surface area contributed by atoms with E-state index in [4.69, 9.17) is 0 Å². The lowest BCUT2D eigenvalue weighted by molar-refractivity contribution is 0.653. The predicted octanol–water partition coefficient (Wildman–Crippen LogP) is 7.63. The van der Waals surface area contributed by atoms with Crippen LogP contribution >= 0.6 is 22.7 Å². The highest BCUT2D eigenvalue weighted by molar-refractivity contribution is 7.26. The molecule has 9 rings (SSSR count). The largest absolute Gasteiger partial charge is 0.356 e. The molecule has 0 saturated carbocycles. The van der Waals surface area contributed by atoms with Crippen LogP contribution in [0, 0.1) is 0 Å². The minimum absolute atomic E-state index is 0.0849. The van der Waals surface area contributed by atoms with Gasteiger partial charge in [-0.3, -0.25) is 0 Å². The Morgan fingerprint density at radius 3 is 2.14 bits per heavy atom. The van der Waals surface area contributed by atoms with Crippen molar-refractivity contribution in [3.8, 4) is 0 Å². The van der Waals surface area contributed by atoms with E-state index in [0.29, 0.717) is 0 Å². The molecule has 1 nitrogen and oxygen atoms in total. The number of thiophene rings is 2. The second-order valence-corrected chi connectivity index (χ2v) is 13.1. The fourth-order valence-electron chi connectivity index (χ4n) is 7.11. The van der Waals surface area contributed by atoms with E-state index < -0.39 is 0 Å². The summed E-state index contributed by atoms with van der Waals surface area (Å²) in [5, 5.41) is 9.38. The third-order valence-electron chi connectivity index (χ3n) is 8.70. The van der Waals surface area contributed by atoms with E-state index in [1.807, 2.05) is 22.7 Å². The summed E-state index contributed by atoms with van der Waals surface area (Å²) in [6.45, 7) is 5.08. The summed E-state index contributed by atoms with van der Waals surface area (Å²) < 4.78 is 5.54. The van der Waals surface area contributed by atoms with E-state index in [1.165, 1.54) is 79.2 Å². The van der Waals surface area contributed by atoms with Gasteiger partial charge >= 0.3 is 0 Å². The zero-order chi connectivity index (χ0) is 24.5. The molecule has 7 aromatic rings. The minimum atomic E-state index is -0.0849. The third-order valence-corrected chi connectivity index (χ3v) is 11.0. The molecule has 0 fully saturated rings. The lowest BCUT2D eigenvalue weighted by Crippen LogP contribution is -2.63.